The second-order valence-electron chi connectivity index (χ2n) is 5.97. The molecule has 0 radical (unpaired) electrons. The Morgan fingerprint density at radius 2 is 2.26 bits per heavy atom. The Bertz CT molecular complexity index is 683. The zero-order chi connectivity index (χ0) is 16.2. The first-order chi connectivity index (χ1) is 11.1. The molecule has 1 aliphatic heterocycles. The summed E-state index contributed by atoms with van der Waals surface area (Å²) in [6.07, 6.45) is 7.83. The van der Waals surface area contributed by atoms with Gasteiger partial charge in [-0.05, 0) is 25.5 Å². The van der Waals surface area contributed by atoms with Crippen molar-refractivity contribution in [3.8, 4) is 0 Å². The van der Waals surface area contributed by atoms with E-state index in [1.54, 1.807) is 6.20 Å². The van der Waals surface area contributed by atoms with Gasteiger partial charge in [-0.25, -0.2) is 15.0 Å². The topological polar surface area (TPSA) is 75.9 Å². The first kappa shape index (κ1) is 15.6. The van der Waals surface area contributed by atoms with E-state index in [2.05, 4.69) is 25.2 Å². The first-order valence-corrected chi connectivity index (χ1v) is 7.89. The molecule has 1 fully saturated rings. The van der Waals surface area contributed by atoms with Crippen LogP contribution in [0.4, 0.5) is 0 Å². The standard InChI is InChI=1S/C16H22N6O/c1-12(23)18-8-13-5-6-17-16(20-13)15-4-3-7-22(15)10-14-9-21(2)11-19-14/h5-6,9,11,15H,3-4,7-8,10H2,1-2H3,(H,18,23)/t15-/m0/s1. The quantitative estimate of drug-likeness (QED) is 0.897. The highest BCUT2D eigenvalue weighted by Gasteiger charge is 2.28. The van der Waals surface area contributed by atoms with Gasteiger partial charge in [-0.1, -0.05) is 0 Å². The number of aromatic nitrogens is 4. The molecule has 3 heterocycles. The number of likely N-dealkylation sites (tertiary alicyclic amines) is 1. The van der Waals surface area contributed by atoms with Crippen LogP contribution in [0, 0.1) is 0 Å². The zero-order valence-electron chi connectivity index (χ0n) is 13.6. The molecule has 7 heteroatoms. The lowest BCUT2D eigenvalue weighted by molar-refractivity contribution is -0.119. The summed E-state index contributed by atoms with van der Waals surface area (Å²) in [5.41, 5.74) is 1.91. The molecule has 1 atom stereocenters. The number of carbonyl (C=O) groups excluding carboxylic acids is 1. The predicted octanol–water partition coefficient (Wildman–Crippen LogP) is 1.18. The summed E-state index contributed by atoms with van der Waals surface area (Å²) in [5.74, 6) is 0.782. The van der Waals surface area contributed by atoms with Gasteiger partial charge in [0, 0.05) is 32.9 Å². The normalized spacial score (nSPS) is 18.3. The van der Waals surface area contributed by atoms with Gasteiger partial charge in [0.1, 0.15) is 5.82 Å². The minimum Gasteiger partial charge on any atom is -0.351 e. The predicted molar refractivity (Wildman–Crippen MR) is 85.1 cm³/mol. The third-order valence-electron chi connectivity index (χ3n) is 4.04. The maximum atomic E-state index is 11.0. The molecule has 0 aromatic carbocycles. The Kier molecular flexibility index (Phi) is 4.66. The Labute approximate surface area is 135 Å². The van der Waals surface area contributed by atoms with Crippen molar-refractivity contribution in [3.63, 3.8) is 0 Å². The molecule has 0 unspecified atom stereocenters. The van der Waals surface area contributed by atoms with Crippen molar-refractivity contribution in [1.29, 1.82) is 0 Å². The minimum atomic E-state index is -0.0530. The minimum absolute atomic E-state index is 0.0530. The van der Waals surface area contributed by atoms with Crippen molar-refractivity contribution in [2.45, 2.75) is 38.9 Å². The first-order valence-electron chi connectivity index (χ1n) is 7.89. The molecular weight excluding hydrogens is 292 g/mol. The summed E-state index contributed by atoms with van der Waals surface area (Å²) in [4.78, 5) is 26.9. The van der Waals surface area contributed by atoms with E-state index in [0.717, 1.165) is 43.1 Å². The van der Waals surface area contributed by atoms with Gasteiger partial charge in [-0.3, -0.25) is 9.69 Å². The van der Waals surface area contributed by atoms with E-state index in [4.69, 9.17) is 0 Å². The van der Waals surface area contributed by atoms with Crippen molar-refractivity contribution in [2.75, 3.05) is 6.54 Å². The summed E-state index contributed by atoms with van der Waals surface area (Å²) < 4.78 is 1.96. The van der Waals surface area contributed by atoms with Crippen LogP contribution in [0.1, 0.15) is 43.0 Å². The maximum absolute atomic E-state index is 11.0. The molecule has 23 heavy (non-hydrogen) atoms. The van der Waals surface area contributed by atoms with Crippen LogP contribution >= 0.6 is 0 Å². The van der Waals surface area contributed by atoms with Crippen LogP contribution in [0.25, 0.3) is 0 Å². The number of imidazole rings is 1. The molecule has 122 valence electrons. The van der Waals surface area contributed by atoms with Crippen molar-refractivity contribution in [3.05, 3.63) is 42.0 Å². The van der Waals surface area contributed by atoms with Gasteiger partial charge in [0.2, 0.25) is 5.91 Å². The van der Waals surface area contributed by atoms with E-state index in [1.165, 1.54) is 6.92 Å². The molecule has 2 aromatic rings. The third kappa shape index (κ3) is 3.92. The molecular formula is C16H22N6O. The van der Waals surface area contributed by atoms with Gasteiger partial charge in [0.15, 0.2) is 0 Å². The summed E-state index contributed by atoms with van der Waals surface area (Å²) in [6, 6.07) is 2.06. The average molecular weight is 314 g/mol. The number of amides is 1. The molecule has 2 aromatic heterocycles. The van der Waals surface area contributed by atoms with Crippen molar-refractivity contribution < 1.29 is 4.79 Å². The lowest BCUT2D eigenvalue weighted by Gasteiger charge is -2.22. The van der Waals surface area contributed by atoms with Crippen LogP contribution < -0.4 is 5.32 Å². The largest absolute Gasteiger partial charge is 0.351 e. The Morgan fingerprint density at radius 1 is 1.39 bits per heavy atom. The van der Waals surface area contributed by atoms with E-state index in [1.807, 2.05) is 30.2 Å². The molecule has 1 amide bonds. The van der Waals surface area contributed by atoms with E-state index >= 15 is 0 Å². The second-order valence-corrected chi connectivity index (χ2v) is 5.97. The average Bonchev–Trinajstić information content (AvgIpc) is 3.15. The molecule has 7 nitrogen and oxygen atoms in total. The molecule has 1 N–H and O–H groups in total. The number of rotatable bonds is 5. The van der Waals surface area contributed by atoms with Gasteiger partial charge in [0.05, 0.1) is 30.3 Å². The van der Waals surface area contributed by atoms with Crippen LogP contribution in [-0.2, 0) is 24.9 Å². The Balaban J connectivity index is 1.71. The van der Waals surface area contributed by atoms with E-state index in [-0.39, 0.29) is 11.9 Å². The second kappa shape index (κ2) is 6.87. The van der Waals surface area contributed by atoms with Gasteiger partial charge in [-0.2, -0.15) is 0 Å². The number of hydrogen-bond acceptors (Lipinski definition) is 5. The smallest absolute Gasteiger partial charge is 0.217 e. The highest BCUT2D eigenvalue weighted by molar-refractivity contribution is 5.72. The molecule has 1 saturated heterocycles. The molecule has 0 spiro atoms. The molecule has 0 aliphatic carbocycles. The third-order valence-corrected chi connectivity index (χ3v) is 4.04. The Hall–Kier alpha value is -2.28. The number of nitrogens with zero attached hydrogens (tertiary/aromatic N) is 5. The molecule has 0 bridgehead atoms. The van der Waals surface area contributed by atoms with E-state index in [9.17, 15) is 4.79 Å². The number of aryl methyl sites for hydroxylation is 1. The van der Waals surface area contributed by atoms with Crippen LogP contribution in [0.2, 0.25) is 0 Å². The monoisotopic (exact) mass is 314 g/mol. The zero-order valence-corrected chi connectivity index (χ0v) is 13.6. The van der Waals surface area contributed by atoms with E-state index < -0.39 is 0 Å². The van der Waals surface area contributed by atoms with Gasteiger partial charge < -0.3 is 9.88 Å². The van der Waals surface area contributed by atoms with Gasteiger partial charge >= 0.3 is 0 Å². The highest BCUT2D eigenvalue weighted by Crippen LogP contribution is 2.30. The van der Waals surface area contributed by atoms with Gasteiger partial charge in [-0.15, -0.1) is 0 Å². The molecule has 1 aliphatic rings. The van der Waals surface area contributed by atoms with Crippen LogP contribution in [0.3, 0.4) is 0 Å². The summed E-state index contributed by atoms with van der Waals surface area (Å²) in [6.45, 7) is 3.79. The van der Waals surface area contributed by atoms with E-state index in [0.29, 0.717) is 6.54 Å². The fraction of sp³-hybridized carbons (Fsp3) is 0.500. The van der Waals surface area contributed by atoms with Crippen LogP contribution in [0.5, 0.6) is 0 Å². The lowest BCUT2D eigenvalue weighted by atomic mass is 10.2. The molecule has 0 saturated carbocycles. The SMILES string of the molecule is CC(=O)NCc1ccnc([C@@H]2CCCN2Cc2cn(C)cn2)n1. The fourth-order valence-corrected chi connectivity index (χ4v) is 2.95. The maximum Gasteiger partial charge on any atom is 0.217 e. The number of hydrogen-bond donors (Lipinski definition) is 1. The number of nitrogens with one attached hydrogen (secondary N) is 1. The fourth-order valence-electron chi connectivity index (χ4n) is 2.95. The Morgan fingerprint density at radius 3 is 3.00 bits per heavy atom. The van der Waals surface area contributed by atoms with Crippen molar-refractivity contribution >= 4 is 5.91 Å². The summed E-state index contributed by atoms with van der Waals surface area (Å²) in [5, 5.41) is 2.78. The number of carbonyl (C=O) groups is 1. The van der Waals surface area contributed by atoms with Gasteiger partial charge in [0.25, 0.3) is 0 Å². The van der Waals surface area contributed by atoms with Crippen LogP contribution in [0.15, 0.2) is 24.8 Å². The molecule has 3 rings (SSSR count). The van der Waals surface area contributed by atoms with Crippen LogP contribution in [-0.4, -0.2) is 36.9 Å². The van der Waals surface area contributed by atoms with Crippen molar-refractivity contribution in [2.24, 2.45) is 7.05 Å². The summed E-state index contributed by atoms with van der Waals surface area (Å²) in [7, 11) is 1.98. The van der Waals surface area contributed by atoms with Crippen molar-refractivity contribution in [1.82, 2.24) is 29.7 Å². The highest BCUT2D eigenvalue weighted by atomic mass is 16.1. The summed E-state index contributed by atoms with van der Waals surface area (Å²) >= 11 is 0. The lowest BCUT2D eigenvalue weighted by Crippen LogP contribution is -2.25.